The predicted octanol–water partition coefficient (Wildman–Crippen LogP) is 1.64. The van der Waals surface area contributed by atoms with E-state index in [4.69, 9.17) is 15.2 Å². The fraction of sp³-hybridized carbons (Fsp3) is 0.500. The standard InChI is InChI=1S/C14H21FN2O3/c1-9-7-13(11(15)8-12(9)16)20-10(2)14(18)17-5-4-6-19-3/h7-8,10H,4-6,16H2,1-3H3,(H,17,18). The summed E-state index contributed by atoms with van der Waals surface area (Å²) in [6, 6.07) is 2.67. The van der Waals surface area contributed by atoms with Gasteiger partial charge in [0.25, 0.3) is 5.91 Å². The van der Waals surface area contributed by atoms with Crippen molar-refractivity contribution in [3.63, 3.8) is 0 Å². The van der Waals surface area contributed by atoms with Gasteiger partial charge in [0.2, 0.25) is 0 Å². The lowest BCUT2D eigenvalue weighted by Crippen LogP contribution is -2.37. The van der Waals surface area contributed by atoms with E-state index in [0.29, 0.717) is 30.8 Å². The Kier molecular flexibility index (Phi) is 6.24. The number of hydrogen-bond donors (Lipinski definition) is 2. The second kappa shape index (κ2) is 7.69. The number of halogens is 1. The minimum absolute atomic E-state index is 0.0243. The van der Waals surface area contributed by atoms with Crippen molar-refractivity contribution < 1.29 is 18.7 Å². The van der Waals surface area contributed by atoms with E-state index in [1.54, 1.807) is 21.0 Å². The fourth-order valence-corrected chi connectivity index (χ4v) is 1.58. The third kappa shape index (κ3) is 4.70. The lowest BCUT2D eigenvalue weighted by atomic mass is 10.2. The number of ether oxygens (including phenoxy) is 2. The molecule has 0 bridgehead atoms. The average Bonchev–Trinajstić information content (AvgIpc) is 2.40. The minimum Gasteiger partial charge on any atom is -0.478 e. The molecule has 6 heteroatoms. The Morgan fingerprint density at radius 2 is 2.20 bits per heavy atom. The summed E-state index contributed by atoms with van der Waals surface area (Å²) in [6.07, 6.45) is -0.0697. The molecule has 0 heterocycles. The Morgan fingerprint density at radius 3 is 2.85 bits per heavy atom. The monoisotopic (exact) mass is 284 g/mol. The number of methoxy groups -OCH3 is 1. The molecule has 0 fully saturated rings. The van der Waals surface area contributed by atoms with Crippen LogP contribution in [0.15, 0.2) is 12.1 Å². The highest BCUT2D eigenvalue weighted by atomic mass is 19.1. The van der Waals surface area contributed by atoms with Crippen molar-refractivity contribution >= 4 is 11.6 Å². The summed E-state index contributed by atoms with van der Waals surface area (Å²) in [7, 11) is 1.60. The molecule has 1 aromatic carbocycles. The number of hydrogen-bond acceptors (Lipinski definition) is 4. The molecule has 3 N–H and O–H groups in total. The Labute approximate surface area is 118 Å². The quantitative estimate of drug-likeness (QED) is 0.589. The normalized spacial score (nSPS) is 12.0. The third-order valence-corrected chi connectivity index (χ3v) is 2.82. The maximum atomic E-state index is 13.7. The van der Waals surface area contributed by atoms with Crippen LogP contribution in [0, 0.1) is 12.7 Å². The summed E-state index contributed by atoms with van der Waals surface area (Å²) in [6.45, 7) is 4.37. The lowest BCUT2D eigenvalue weighted by Gasteiger charge is -2.16. The van der Waals surface area contributed by atoms with Gasteiger partial charge in [-0.25, -0.2) is 4.39 Å². The molecule has 1 rings (SSSR count). The molecule has 0 radical (unpaired) electrons. The number of aryl methyl sites for hydroxylation is 1. The van der Waals surface area contributed by atoms with Crippen LogP contribution in [0.1, 0.15) is 18.9 Å². The third-order valence-electron chi connectivity index (χ3n) is 2.82. The lowest BCUT2D eigenvalue weighted by molar-refractivity contribution is -0.127. The summed E-state index contributed by atoms with van der Waals surface area (Å²) in [5.74, 6) is -0.849. The van der Waals surface area contributed by atoms with Gasteiger partial charge in [-0.05, 0) is 31.9 Å². The van der Waals surface area contributed by atoms with Crippen molar-refractivity contribution in [2.24, 2.45) is 0 Å². The van der Waals surface area contributed by atoms with Gasteiger partial charge in [-0.2, -0.15) is 0 Å². The molecule has 1 atom stereocenters. The van der Waals surface area contributed by atoms with Crippen LogP contribution in [0.25, 0.3) is 0 Å². The molecule has 1 aromatic rings. The van der Waals surface area contributed by atoms with Crippen molar-refractivity contribution in [3.05, 3.63) is 23.5 Å². The van der Waals surface area contributed by atoms with Crippen molar-refractivity contribution in [2.75, 3.05) is 26.0 Å². The van der Waals surface area contributed by atoms with Crippen LogP contribution in [0.4, 0.5) is 10.1 Å². The van der Waals surface area contributed by atoms with Crippen LogP contribution in [0.3, 0.4) is 0 Å². The van der Waals surface area contributed by atoms with Gasteiger partial charge in [0, 0.05) is 32.0 Å². The highest BCUT2D eigenvalue weighted by Crippen LogP contribution is 2.24. The number of anilines is 1. The van der Waals surface area contributed by atoms with E-state index in [0.717, 1.165) is 0 Å². The first-order chi connectivity index (χ1) is 9.45. The van der Waals surface area contributed by atoms with Crippen LogP contribution < -0.4 is 15.8 Å². The van der Waals surface area contributed by atoms with E-state index in [1.807, 2.05) is 0 Å². The van der Waals surface area contributed by atoms with E-state index < -0.39 is 11.9 Å². The van der Waals surface area contributed by atoms with Crippen LogP contribution in [-0.4, -0.2) is 32.3 Å². The van der Waals surface area contributed by atoms with Gasteiger partial charge in [-0.15, -0.1) is 0 Å². The number of nitrogens with two attached hydrogens (primary N) is 1. The molecule has 0 aliphatic carbocycles. The zero-order chi connectivity index (χ0) is 15.1. The molecule has 20 heavy (non-hydrogen) atoms. The van der Waals surface area contributed by atoms with Gasteiger partial charge < -0.3 is 20.5 Å². The van der Waals surface area contributed by atoms with Gasteiger partial charge in [-0.1, -0.05) is 0 Å². The number of carbonyl (C=O) groups is 1. The average molecular weight is 284 g/mol. The summed E-state index contributed by atoms with van der Waals surface area (Å²) < 4.78 is 23.9. The molecular formula is C14H21FN2O3. The number of rotatable bonds is 7. The molecule has 0 saturated carbocycles. The molecule has 1 unspecified atom stereocenters. The number of benzene rings is 1. The van der Waals surface area contributed by atoms with E-state index in [-0.39, 0.29) is 11.7 Å². The van der Waals surface area contributed by atoms with Gasteiger partial charge >= 0.3 is 0 Å². The van der Waals surface area contributed by atoms with Crippen molar-refractivity contribution in [1.82, 2.24) is 5.32 Å². The second-order valence-electron chi connectivity index (χ2n) is 4.54. The van der Waals surface area contributed by atoms with Crippen molar-refractivity contribution in [2.45, 2.75) is 26.4 Å². The minimum atomic E-state index is -0.782. The topological polar surface area (TPSA) is 73.6 Å². The highest BCUT2D eigenvalue weighted by molar-refractivity contribution is 5.80. The SMILES string of the molecule is COCCCNC(=O)C(C)Oc1cc(C)c(N)cc1F. The first-order valence-electron chi connectivity index (χ1n) is 6.44. The zero-order valence-electron chi connectivity index (χ0n) is 12.0. The molecular weight excluding hydrogens is 263 g/mol. The molecule has 0 spiro atoms. The fourth-order valence-electron chi connectivity index (χ4n) is 1.58. The maximum Gasteiger partial charge on any atom is 0.260 e. The maximum absolute atomic E-state index is 13.7. The van der Waals surface area contributed by atoms with Gasteiger partial charge in [0.15, 0.2) is 17.7 Å². The van der Waals surface area contributed by atoms with E-state index in [2.05, 4.69) is 5.32 Å². The number of nitrogen functional groups attached to an aromatic ring is 1. The molecule has 0 aliphatic heterocycles. The molecule has 1 amide bonds. The van der Waals surface area contributed by atoms with Gasteiger partial charge in [0.1, 0.15) is 0 Å². The second-order valence-corrected chi connectivity index (χ2v) is 4.54. The first kappa shape index (κ1) is 16.2. The zero-order valence-corrected chi connectivity index (χ0v) is 12.0. The van der Waals surface area contributed by atoms with Gasteiger partial charge in [-0.3, -0.25) is 4.79 Å². The van der Waals surface area contributed by atoms with E-state index in [1.165, 1.54) is 12.1 Å². The number of amides is 1. The largest absolute Gasteiger partial charge is 0.478 e. The van der Waals surface area contributed by atoms with E-state index >= 15 is 0 Å². The Morgan fingerprint density at radius 1 is 1.50 bits per heavy atom. The number of carbonyl (C=O) groups excluding carboxylic acids is 1. The predicted molar refractivity (Wildman–Crippen MR) is 75.1 cm³/mol. The van der Waals surface area contributed by atoms with Crippen molar-refractivity contribution in [3.8, 4) is 5.75 Å². The van der Waals surface area contributed by atoms with Crippen LogP contribution in [0.5, 0.6) is 5.75 Å². The summed E-state index contributed by atoms with van der Waals surface area (Å²) in [4.78, 5) is 11.7. The van der Waals surface area contributed by atoms with Crippen LogP contribution in [-0.2, 0) is 9.53 Å². The van der Waals surface area contributed by atoms with Crippen LogP contribution >= 0.6 is 0 Å². The summed E-state index contributed by atoms with van der Waals surface area (Å²) in [5.41, 5.74) is 6.64. The van der Waals surface area contributed by atoms with Crippen LogP contribution in [0.2, 0.25) is 0 Å². The number of nitrogens with one attached hydrogen (secondary N) is 1. The molecule has 5 nitrogen and oxygen atoms in total. The Balaban J connectivity index is 2.55. The molecule has 0 aromatic heterocycles. The molecule has 0 aliphatic rings. The van der Waals surface area contributed by atoms with Crippen molar-refractivity contribution in [1.29, 1.82) is 0 Å². The molecule has 0 saturated heterocycles. The van der Waals surface area contributed by atoms with Gasteiger partial charge in [0.05, 0.1) is 0 Å². The summed E-state index contributed by atoms with van der Waals surface area (Å²) >= 11 is 0. The molecule has 112 valence electrons. The Bertz CT molecular complexity index is 466. The smallest absolute Gasteiger partial charge is 0.260 e. The van der Waals surface area contributed by atoms with E-state index in [9.17, 15) is 9.18 Å². The highest BCUT2D eigenvalue weighted by Gasteiger charge is 2.16. The first-order valence-corrected chi connectivity index (χ1v) is 6.44. The Hall–Kier alpha value is -1.82. The summed E-state index contributed by atoms with van der Waals surface area (Å²) in [5, 5.41) is 2.69.